The topological polar surface area (TPSA) is 100 Å². The van der Waals surface area contributed by atoms with E-state index < -0.39 is 5.60 Å². The smallest absolute Gasteiger partial charge is 0.410 e. The van der Waals surface area contributed by atoms with Crippen molar-refractivity contribution >= 4 is 28.7 Å². The van der Waals surface area contributed by atoms with E-state index in [1.54, 1.807) is 11.2 Å². The van der Waals surface area contributed by atoms with Crippen molar-refractivity contribution in [2.75, 3.05) is 18.4 Å². The van der Waals surface area contributed by atoms with Crippen LogP contribution in [0.1, 0.15) is 33.6 Å². The van der Waals surface area contributed by atoms with Crippen molar-refractivity contribution in [2.24, 2.45) is 5.92 Å². The number of amides is 2. The summed E-state index contributed by atoms with van der Waals surface area (Å²) in [6.07, 6.45) is 2.50. The second-order valence-corrected chi connectivity index (χ2v) is 8.53. The fraction of sp³-hybridized carbons (Fsp3) is 0.409. The van der Waals surface area contributed by atoms with E-state index in [1.165, 1.54) is 0 Å². The molecule has 1 aliphatic rings. The van der Waals surface area contributed by atoms with Gasteiger partial charge in [-0.2, -0.15) is 0 Å². The number of carbonyl (C=O) groups is 2. The van der Waals surface area contributed by atoms with Crippen molar-refractivity contribution < 1.29 is 18.7 Å². The van der Waals surface area contributed by atoms with Crippen molar-refractivity contribution in [1.29, 1.82) is 0 Å². The van der Waals surface area contributed by atoms with Crippen LogP contribution in [0.3, 0.4) is 0 Å². The Balaban J connectivity index is 1.36. The van der Waals surface area contributed by atoms with Crippen LogP contribution in [0, 0.1) is 5.92 Å². The molecular formula is C22H26N4O4. The molecule has 158 valence electrons. The quantitative estimate of drug-likeness (QED) is 0.666. The average Bonchev–Trinajstić information content (AvgIpc) is 3.36. The molecule has 30 heavy (non-hydrogen) atoms. The summed E-state index contributed by atoms with van der Waals surface area (Å²) >= 11 is 0. The van der Waals surface area contributed by atoms with Gasteiger partial charge in [0.2, 0.25) is 5.91 Å². The highest BCUT2D eigenvalue weighted by Crippen LogP contribution is 2.25. The number of carbonyl (C=O) groups excluding carboxylic acids is 2. The molecule has 0 spiro atoms. The number of piperidine rings is 1. The average molecular weight is 410 g/mol. The minimum absolute atomic E-state index is 0.0380. The zero-order valence-electron chi connectivity index (χ0n) is 17.4. The van der Waals surface area contributed by atoms with Crippen LogP contribution in [-0.2, 0) is 9.53 Å². The molecule has 0 atom stereocenters. The van der Waals surface area contributed by atoms with Crippen molar-refractivity contribution in [3.63, 3.8) is 0 Å². The number of nitrogens with zero attached hydrogens (tertiary/aromatic N) is 2. The second kappa shape index (κ2) is 7.85. The fourth-order valence-electron chi connectivity index (χ4n) is 3.51. The Bertz CT molecular complexity index is 1040. The summed E-state index contributed by atoms with van der Waals surface area (Å²) in [6.45, 7) is 6.57. The van der Waals surface area contributed by atoms with E-state index in [1.807, 2.05) is 51.1 Å². The molecule has 0 bridgehead atoms. The zero-order chi connectivity index (χ0) is 21.3. The highest BCUT2D eigenvalue weighted by Gasteiger charge is 2.30. The largest absolute Gasteiger partial charge is 0.461 e. The third kappa shape index (κ3) is 4.48. The van der Waals surface area contributed by atoms with Gasteiger partial charge in [-0.25, -0.2) is 9.78 Å². The molecule has 1 aromatic carbocycles. The Morgan fingerprint density at radius 3 is 2.67 bits per heavy atom. The number of aromatic nitrogens is 2. The fourth-order valence-corrected chi connectivity index (χ4v) is 3.51. The minimum atomic E-state index is -0.520. The maximum atomic E-state index is 12.7. The van der Waals surface area contributed by atoms with E-state index in [4.69, 9.17) is 9.15 Å². The molecule has 4 rings (SSSR count). The second-order valence-electron chi connectivity index (χ2n) is 8.53. The molecule has 2 aromatic heterocycles. The number of aromatic amines is 1. The highest BCUT2D eigenvalue weighted by molar-refractivity contribution is 5.95. The van der Waals surface area contributed by atoms with Crippen molar-refractivity contribution in [1.82, 2.24) is 14.9 Å². The Morgan fingerprint density at radius 1 is 1.23 bits per heavy atom. The Kier molecular flexibility index (Phi) is 5.24. The van der Waals surface area contributed by atoms with Gasteiger partial charge in [0.05, 0.1) is 17.3 Å². The molecule has 0 radical (unpaired) electrons. The van der Waals surface area contributed by atoms with E-state index >= 15 is 0 Å². The van der Waals surface area contributed by atoms with Crippen molar-refractivity contribution in [3.05, 3.63) is 36.6 Å². The number of benzene rings is 1. The van der Waals surface area contributed by atoms with Gasteiger partial charge in [-0.05, 0) is 63.9 Å². The van der Waals surface area contributed by atoms with Crippen LogP contribution in [0.4, 0.5) is 10.5 Å². The first-order chi connectivity index (χ1) is 14.3. The van der Waals surface area contributed by atoms with E-state index in [0.29, 0.717) is 43.2 Å². The molecule has 3 aromatic rings. The molecular weight excluding hydrogens is 384 g/mol. The van der Waals surface area contributed by atoms with Crippen molar-refractivity contribution in [2.45, 2.75) is 39.2 Å². The molecule has 0 aliphatic carbocycles. The molecule has 1 fully saturated rings. The number of H-pyrrole nitrogens is 1. The van der Waals surface area contributed by atoms with Gasteiger partial charge in [-0.3, -0.25) is 4.79 Å². The SMILES string of the molecule is CC(C)(C)OC(=O)N1CCC(C(=O)Nc2ccc3nc(-c4ccco4)[nH]c3c2)CC1. The number of hydrogen-bond donors (Lipinski definition) is 2. The zero-order valence-corrected chi connectivity index (χ0v) is 17.4. The number of nitrogens with one attached hydrogen (secondary N) is 2. The van der Waals surface area contributed by atoms with Gasteiger partial charge in [0.25, 0.3) is 0 Å². The van der Waals surface area contributed by atoms with Gasteiger partial charge >= 0.3 is 6.09 Å². The van der Waals surface area contributed by atoms with E-state index in [2.05, 4.69) is 15.3 Å². The van der Waals surface area contributed by atoms with Gasteiger partial charge in [0.1, 0.15) is 5.60 Å². The lowest BCUT2D eigenvalue weighted by Gasteiger charge is -2.32. The predicted octanol–water partition coefficient (Wildman–Crippen LogP) is 4.41. The Hall–Kier alpha value is -3.29. The molecule has 2 N–H and O–H groups in total. The molecule has 0 saturated carbocycles. The number of hydrogen-bond acceptors (Lipinski definition) is 5. The lowest BCUT2D eigenvalue weighted by molar-refractivity contribution is -0.121. The van der Waals surface area contributed by atoms with Crippen LogP contribution in [0.15, 0.2) is 41.0 Å². The molecule has 8 heteroatoms. The monoisotopic (exact) mass is 410 g/mol. The molecule has 8 nitrogen and oxygen atoms in total. The maximum absolute atomic E-state index is 12.7. The minimum Gasteiger partial charge on any atom is -0.461 e. The number of imidazole rings is 1. The van der Waals surface area contributed by atoms with Gasteiger partial charge in [0, 0.05) is 24.7 Å². The number of fused-ring (bicyclic) bond motifs is 1. The van der Waals surface area contributed by atoms with Gasteiger partial charge in [-0.15, -0.1) is 0 Å². The standard InChI is InChI=1S/C22H26N4O4/c1-22(2,3)30-21(28)26-10-8-14(9-11-26)20(27)23-15-6-7-16-17(13-15)25-19(24-16)18-5-4-12-29-18/h4-7,12-14H,8-11H2,1-3H3,(H,23,27)(H,24,25). The summed E-state index contributed by atoms with van der Waals surface area (Å²) in [5.74, 6) is 1.13. The molecule has 1 saturated heterocycles. The Labute approximate surface area is 174 Å². The van der Waals surface area contributed by atoms with Crippen LogP contribution in [-0.4, -0.2) is 45.6 Å². The first-order valence-corrected chi connectivity index (χ1v) is 10.1. The molecule has 0 unspecified atom stereocenters. The van der Waals surface area contributed by atoms with Crippen molar-refractivity contribution in [3.8, 4) is 11.6 Å². The number of ether oxygens (including phenoxy) is 1. The lowest BCUT2D eigenvalue weighted by Crippen LogP contribution is -2.43. The summed E-state index contributed by atoms with van der Waals surface area (Å²) < 4.78 is 10.8. The summed E-state index contributed by atoms with van der Waals surface area (Å²) in [5.41, 5.74) is 1.80. The first-order valence-electron chi connectivity index (χ1n) is 10.1. The highest BCUT2D eigenvalue weighted by atomic mass is 16.6. The van der Waals surface area contributed by atoms with Crippen LogP contribution in [0.25, 0.3) is 22.6 Å². The first kappa shape index (κ1) is 20.0. The number of furan rings is 1. The number of rotatable bonds is 3. The molecule has 1 aliphatic heterocycles. The van der Waals surface area contributed by atoms with Gasteiger partial charge in [-0.1, -0.05) is 0 Å². The summed E-state index contributed by atoms with van der Waals surface area (Å²) in [7, 11) is 0. The van der Waals surface area contributed by atoms with E-state index in [9.17, 15) is 9.59 Å². The third-order valence-corrected chi connectivity index (χ3v) is 5.02. The van der Waals surface area contributed by atoms with Crippen LogP contribution >= 0.6 is 0 Å². The number of likely N-dealkylation sites (tertiary alicyclic amines) is 1. The van der Waals surface area contributed by atoms with Gasteiger partial charge in [0.15, 0.2) is 11.6 Å². The molecule has 2 amide bonds. The lowest BCUT2D eigenvalue weighted by atomic mass is 9.96. The normalized spacial score (nSPS) is 15.4. The number of anilines is 1. The summed E-state index contributed by atoms with van der Waals surface area (Å²) in [5, 5.41) is 2.99. The third-order valence-electron chi connectivity index (χ3n) is 5.02. The summed E-state index contributed by atoms with van der Waals surface area (Å²) in [6, 6.07) is 9.21. The maximum Gasteiger partial charge on any atom is 0.410 e. The molecule has 3 heterocycles. The van der Waals surface area contributed by atoms with E-state index in [-0.39, 0.29) is 17.9 Å². The van der Waals surface area contributed by atoms with Gasteiger partial charge < -0.3 is 24.4 Å². The van der Waals surface area contributed by atoms with Crippen LogP contribution < -0.4 is 5.32 Å². The predicted molar refractivity (Wildman–Crippen MR) is 113 cm³/mol. The van der Waals surface area contributed by atoms with Crippen LogP contribution in [0.2, 0.25) is 0 Å². The van der Waals surface area contributed by atoms with Crippen LogP contribution in [0.5, 0.6) is 0 Å². The van der Waals surface area contributed by atoms with E-state index in [0.717, 1.165) is 11.0 Å². The summed E-state index contributed by atoms with van der Waals surface area (Å²) in [4.78, 5) is 34.3. The Morgan fingerprint density at radius 2 is 2.00 bits per heavy atom.